The van der Waals surface area contributed by atoms with Crippen molar-refractivity contribution >= 4 is 21.7 Å². The number of hydrogen-bond acceptors (Lipinski definition) is 8. The molecule has 2 aromatic carbocycles. The Morgan fingerprint density at radius 3 is 2.30 bits per heavy atom. The van der Waals surface area contributed by atoms with Crippen LogP contribution in [0.3, 0.4) is 0 Å². The third kappa shape index (κ3) is 11.2. The SMILES string of the molecule is COc1ccc(S(=O)(=O)C[C@](C)(O)CNC(CCCNC(=O)[C@@H](NC(=O)CN2CCCC2)C(C)C)c2ccccc2)cc1. The minimum Gasteiger partial charge on any atom is -0.497 e. The molecule has 1 saturated heterocycles. The van der Waals surface area contributed by atoms with Crippen molar-refractivity contribution in [1.29, 1.82) is 0 Å². The number of nitrogens with zero attached hydrogens (tertiary/aromatic N) is 1. The molecule has 4 N–H and O–H groups in total. The Hall–Kier alpha value is -2.99. The van der Waals surface area contributed by atoms with Crippen LogP contribution in [0.2, 0.25) is 0 Å². The van der Waals surface area contributed by atoms with Crippen LogP contribution in [-0.2, 0) is 19.4 Å². The summed E-state index contributed by atoms with van der Waals surface area (Å²) in [4.78, 5) is 27.7. The van der Waals surface area contributed by atoms with Gasteiger partial charge in [0, 0.05) is 19.1 Å². The van der Waals surface area contributed by atoms with E-state index in [9.17, 15) is 23.1 Å². The van der Waals surface area contributed by atoms with E-state index in [0.717, 1.165) is 31.5 Å². The fourth-order valence-electron chi connectivity index (χ4n) is 5.27. The number of benzene rings is 2. The van der Waals surface area contributed by atoms with Crippen LogP contribution in [0.5, 0.6) is 5.75 Å². The van der Waals surface area contributed by atoms with E-state index in [1.54, 1.807) is 12.1 Å². The normalized spacial score (nSPS) is 16.8. The third-order valence-electron chi connectivity index (χ3n) is 7.65. The molecule has 0 saturated carbocycles. The molecule has 1 aliphatic rings. The summed E-state index contributed by atoms with van der Waals surface area (Å²) in [6.45, 7) is 7.93. The zero-order valence-corrected chi connectivity index (χ0v) is 26.7. The summed E-state index contributed by atoms with van der Waals surface area (Å²) in [6.07, 6.45) is 3.47. The second kappa shape index (κ2) is 16.2. The van der Waals surface area contributed by atoms with Crippen molar-refractivity contribution in [3.63, 3.8) is 0 Å². The molecule has 1 fully saturated rings. The second-order valence-electron chi connectivity index (χ2n) is 12.0. The fraction of sp³-hybridized carbons (Fsp3) is 0.562. The van der Waals surface area contributed by atoms with E-state index in [4.69, 9.17) is 4.74 Å². The minimum absolute atomic E-state index is 0.0484. The van der Waals surface area contributed by atoms with E-state index in [2.05, 4.69) is 20.9 Å². The van der Waals surface area contributed by atoms with Gasteiger partial charge >= 0.3 is 0 Å². The number of carbonyl (C=O) groups excluding carboxylic acids is 2. The molecule has 2 amide bonds. The van der Waals surface area contributed by atoms with Crippen molar-refractivity contribution in [3.8, 4) is 5.75 Å². The van der Waals surface area contributed by atoms with Gasteiger partial charge in [0.15, 0.2) is 9.84 Å². The number of amides is 2. The maximum Gasteiger partial charge on any atom is 0.242 e. The number of sulfone groups is 1. The van der Waals surface area contributed by atoms with Crippen LogP contribution in [0.4, 0.5) is 0 Å². The number of carbonyl (C=O) groups is 2. The summed E-state index contributed by atoms with van der Waals surface area (Å²) in [5, 5.41) is 20.3. The molecular weight excluding hydrogens is 568 g/mol. The molecule has 0 aliphatic carbocycles. The van der Waals surface area contributed by atoms with Gasteiger partial charge < -0.3 is 25.8 Å². The maximum absolute atomic E-state index is 13.0. The molecule has 1 unspecified atom stereocenters. The van der Waals surface area contributed by atoms with Crippen molar-refractivity contribution in [2.24, 2.45) is 5.92 Å². The van der Waals surface area contributed by atoms with E-state index in [1.807, 2.05) is 44.2 Å². The number of ether oxygens (including phenoxy) is 1. The predicted octanol–water partition coefficient (Wildman–Crippen LogP) is 2.68. The standard InChI is InChI=1S/C32H48N4O6S/c1-24(2)30(35-29(37)21-36-19-8-9-20-36)31(38)33-18-10-13-28(25-11-6-5-7-12-25)34-22-32(3,39)23-43(40,41)27-16-14-26(42-4)15-17-27/h5-7,11-12,14-17,24,28,30,34,39H,8-10,13,18-23H2,1-4H3,(H,33,38)(H,35,37)/t28?,30-,32+/m0/s1. The molecule has 11 heteroatoms. The van der Waals surface area contributed by atoms with E-state index >= 15 is 0 Å². The highest BCUT2D eigenvalue weighted by molar-refractivity contribution is 7.91. The highest BCUT2D eigenvalue weighted by atomic mass is 32.2. The Kier molecular flexibility index (Phi) is 13.0. The Morgan fingerprint density at radius 1 is 1.05 bits per heavy atom. The first kappa shape index (κ1) is 34.5. The Labute approximate surface area is 256 Å². The maximum atomic E-state index is 13.0. The van der Waals surface area contributed by atoms with Gasteiger partial charge in [-0.2, -0.15) is 0 Å². The summed E-state index contributed by atoms with van der Waals surface area (Å²) in [5.74, 6) is -0.295. The minimum atomic E-state index is -3.74. The second-order valence-corrected chi connectivity index (χ2v) is 14.0. The third-order valence-corrected chi connectivity index (χ3v) is 9.64. The summed E-state index contributed by atoms with van der Waals surface area (Å²) >= 11 is 0. The predicted molar refractivity (Wildman–Crippen MR) is 168 cm³/mol. The lowest BCUT2D eigenvalue weighted by Gasteiger charge is -2.28. The molecular formula is C32H48N4O6S. The summed E-state index contributed by atoms with van der Waals surface area (Å²) in [7, 11) is -2.23. The Bertz CT molecular complexity index is 1260. The summed E-state index contributed by atoms with van der Waals surface area (Å²) < 4.78 is 31.1. The number of likely N-dealkylation sites (tertiary alicyclic amines) is 1. The summed E-state index contributed by atoms with van der Waals surface area (Å²) in [6, 6.07) is 15.0. The lowest BCUT2D eigenvalue weighted by Crippen LogP contribution is -2.52. The van der Waals surface area contributed by atoms with Crippen LogP contribution >= 0.6 is 0 Å². The largest absolute Gasteiger partial charge is 0.497 e. The topological polar surface area (TPSA) is 137 Å². The van der Waals surface area contributed by atoms with Gasteiger partial charge in [-0.15, -0.1) is 0 Å². The summed E-state index contributed by atoms with van der Waals surface area (Å²) in [5.41, 5.74) is -0.533. The number of rotatable bonds is 17. The van der Waals surface area contributed by atoms with Crippen LogP contribution in [-0.4, -0.2) is 87.5 Å². The molecule has 3 rings (SSSR count). The lowest BCUT2D eigenvalue weighted by atomic mass is 10.00. The van der Waals surface area contributed by atoms with Gasteiger partial charge in [0.05, 0.1) is 29.9 Å². The van der Waals surface area contributed by atoms with Crippen LogP contribution in [0.15, 0.2) is 59.5 Å². The molecule has 10 nitrogen and oxygen atoms in total. The lowest BCUT2D eigenvalue weighted by molar-refractivity contribution is -0.130. The van der Waals surface area contributed by atoms with Gasteiger partial charge in [0.25, 0.3) is 0 Å². The van der Waals surface area contributed by atoms with Crippen LogP contribution in [0, 0.1) is 5.92 Å². The Balaban J connectivity index is 1.54. The highest BCUT2D eigenvalue weighted by Crippen LogP contribution is 2.22. The van der Waals surface area contributed by atoms with Crippen LogP contribution < -0.4 is 20.7 Å². The van der Waals surface area contributed by atoms with E-state index in [1.165, 1.54) is 26.2 Å². The highest BCUT2D eigenvalue weighted by Gasteiger charge is 2.31. The number of hydrogen-bond donors (Lipinski definition) is 4. The van der Waals surface area contributed by atoms with Crippen LogP contribution in [0.1, 0.15) is 58.1 Å². The molecule has 2 aromatic rings. The van der Waals surface area contributed by atoms with E-state index in [0.29, 0.717) is 31.7 Å². The molecule has 0 radical (unpaired) electrons. The molecule has 1 heterocycles. The quantitative estimate of drug-likeness (QED) is 0.199. The van der Waals surface area contributed by atoms with Gasteiger partial charge in [0.2, 0.25) is 11.8 Å². The fourth-order valence-corrected chi connectivity index (χ4v) is 6.91. The van der Waals surface area contributed by atoms with Crippen molar-refractivity contribution in [2.45, 2.75) is 69.0 Å². The average Bonchev–Trinajstić information content (AvgIpc) is 3.48. The number of aliphatic hydroxyl groups is 1. The van der Waals surface area contributed by atoms with Crippen molar-refractivity contribution in [1.82, 2.24) is 20.9 Å². The van der Waals surface area contributed by atoms with Crippen molar-refractivity contribution in [2.75, 3.05) is 45.6 Å². The Morgan fingerprint density at radius 2 is 1.70 bits per heavy atom. The van der Waals surface area contributed by atoms with Crippen LogP contribution in [0.25, 0.3) is 0 Å². The first-order valence-electron chi connectivity index (χ1n) is 15.1. The zero-order valence-electron chi connectivity index (χ0n) is 25.8. The molecule has 0 spiro atoms. The molecule has 3 atom stereocenters. The van der Waals surface area contributed by atoms with Gasteiger partial charge in [-0.05, 0) is 81.4 Å². The first-order chi connectivity index (χ1) is 20.4. The van der Waals surface area contributed by atoms with Crippen molar-refractivity contribution < 1.29 is 27.9 Å². The monoisotopic (exact) mass is 616 g/mol. The first-order valence-corrected chi connectivity index (χ1v) is 16.7. The number of nitrogens with one attached hydrogen (secondary N) is 3. The molecule has 0 bridgehead atoms. The van der Waals surface area contributed by atoms with Crippen molar-refractivity contribution in [3.05, 3.63) is 60.2 Å². The average molecular weight is 617 g/mol. The van der Waals surface area contributed by atoms with E-state index < -0.39 is 27.2 Å². The van der Waals surface area contributed by atoms with Gasteiger partial charge in [-0.25, -0.2) is 8.42 Å². The van der Waals surface area contributed by atoms with Gasteiger partial charge in [-0.1, -0.05) is 44.2 Å². The van der Waals surface area contributed by atoms with E-state index in [-0.39, 0.29) is 35.2 Å². The zero-order chi connectivity index (χ0) is 31.5. The smallest absolute Gasteiger partial charge is 0.242 e. The number of methoxy groups -OCH3 is 1. The molecule has 0 aromatic heterocycles. The van der Waals surface area contributed by atoms with Gasteiger partial charge in [-0.3, -0.25) is 14.5 Å². The van der Waals surface area contributed by atoms with Gasteiger partial charge in [0.1, 0.15) is 11.8 Å². The molecule has 43 heavy (non-hydrogen) atoms. The molecule has 1 aliphatic heterocycles. The molecule has 238 valence electrons.